The number of aromatic nitrogens is 3. The van der Waals surface area contributed by atoms with Crippen LogP contribution in [0.25, 0.3) is 0 Å². The van der Waals surface area contributed by atoms with E-state index in [4.69, 9.17) is 4.42 Å². The number of rotatable bonds is 5. The summed E-state index contributed by atoms with van der Waals surface area (Å²) in [5.74, 6) is 0.842. The van der Waals surface area contributed by atoms with E-state index in [1.54, 1.807) is 6.20 Å². The summed E-state index contributed by atoms with van der Waals surface area (Å²) in [4.78, 5) is 16.1. The van der Waals surface area contributed by atoms with E-state index >= 15 is 0 Å². The van der Waals surface area contributed by atoms with E-state index in [9.17, 15) is 4.79 Å². The Morgan fingerprint density at radius 3 is 3.24 bits per heavy atom. The molecular weight excluding hydrogens is 270 g/mol. The van der Waals surface area contributed by atoms with E-state index in [1.165, 1.54) is 6.39 Å². The van der Waals surface area contributed by atoms with Crippen molar-refractivity contribution in [2.45, 2.75) is 32.2 Å². The van der Waals surface area contributed by atoms with Gasteiger partial charge in [-0.1, -0.05) is 6.92 Å². The fourth-order valence-corrected chi connectivity index (χ4v) is 2.68. The second kappa shape index (κ2) is 6.09. The second-order valence-corrected chi connectivity index (χ2v) is 5.16. The average Bonchev–Trinajstić information content (AvgIpc) is 3.23. The van der Waals surface area contributed by atoms with Crippen molar-refractivity contribution in [1.29, 1.82) is 0 Å². The molecule has 1 aliphatic rings. The first-order chi connectivity index (χ1) is 10.3. The van der Waals surface area contributed by atoms with Gasteiger partial charge in [0.2, 0.25) is 0 Å². The van der Waals surface area contributed by atoms with E-state index in [-0.39, 0.29) is 5.91 Å². The maximum atomic E-state index is 12.1. The van der Waals surface area contributed by atoms with Gasteiger partial charge in [0.15, 0.2) is 12.1 Å². The summed E-state index contributed by atoms with van der Waals surface area (Å²) in [5, 5.41) is 13.4. The van der Waals surface area contributed by atoms with E-state index in [0.717, 1.165) is 30.8 Å². The molecule has 0 spiro atoms. The summed E-state index contributed by atoms with van der Waals surface area (Å²) < 4.78 is 5.18. The summed E-state index contributed by atoms with van der Waals surface area (Å²) in [7, 11) is 0. The number of H-pyrrole nitrogens is 1. The molecule has 0 saturated carbocycles. The summed E-state index contributed by atoms with van der Waals surface area (Å²) in [6.45, 7) is 4.34. The quantitative estimate of drug-likeness (QED) is 0.762. The first kappa shape index (κ1) is 13.8. The number of amides is 1. The molecule has 3 heterocycles. The number of aromatic amines is 1. The molecule has 21 heavy (non-hydrogen) atoms. The molecule has 0 aromatic carbocycles. The van der Waals surface area contributed by atoms with E-state index in [2.05, 4.69) is 25.8 Å². The van der Waals surface area contributed by atoms with Crippen molar-refractivity contribution in [2.24, 2.45) is 0 Å². The van der Waals surface area contributed by atoms with Crippen LogP contribution in [0.15, 0.2) is 17.0 Å². The normalized spacial score (nSPS) is 18.0. The molecule has 1 fully saturated rings. The lowest BCUT2D eigenvalue weighted by molar-refractivity contribution is 0.0944. The third kappa shape index (κ3) is 2.82. The van der Waals surface area contributed by atoms with Gasteiger partial charge >= 0.3 is 0 Å². The molecule has 1 aliphatic heterocycles. The summed E-state index contributed by atoms with van der Waals surface area (Å²) in [5.41, 5.74) is 2.50. The highest BCUT2D eigenvalue weighted by molar-refractivity contribution is 5.93. The molecule has 1 amide bonds. The Balaban J connectivity index is 1.65. The van der Waals surface area contributed by atoms with Crippen LogP contribution in [-0.4, -0.2) is 34.2 Å². The number of nitrogens with zero attached hydrogens (tertiary/aromatic N) is 2. The van der Waals surface area contributed by atoms with Gasteiger partial charge in [-0.05, 0) is 13.0 Å². The van der Waals surface area contributed by atoms with Crippen molar-refractivity contribution in [3.05, 3.63) is 35.3 Å². The number of hydrogen-bond acceptors (Lipinski definition) is 5. The van der Waals surface area contributed by atoms with Crippen LogP contribution in [0.4, 0.5) is 0 Å². The Labute approximate surface area is 122 Å². The molecule has 3 N–H and O–H groups in total. The van der Waals surface area contributed by atoms with Crippen LogP contribution in [-0.2, 0) is 13.0 Å². The Morgan fingerprint density at radius 1 is 1.57 bits per heavy atom. The van der Waals surface area contributed by atoms with Crippen molar-refractivity contribution < 1.29 is 9.21 Å². The van der Waals surface area contributed by atoms with Crippen molar-refractivity contribution in [3.8, 4) is 0 Å². The number of carbonyl (C=O) groups excluding carboxylic acids is 1. The minimum atomic E-state index is -0.211. The highest BCUT2D eigenvalue weighted by Crippen LogP contribution is 2.23. The van der Waals surface area contributed by atoms with Crippen molar-refractivity contribution in [3.63, 3.8) is 0 Å². The maximum absolute atomic E-state index is 12.1. The zero-order valence-electron chi connectivity index (χ0n) is 12.0. The van der Waals surface area contributed by atoms with Crippen LogP contribution in [0.3, 0.4) is 0 Å². The molecule has 112 valence electrons. The number of nitrogens with one attached hydrogen (secondary N) is 3. The number of hydrogen-bond donors (Lipinski definition) is 3. The van der Waals surface area contributed by atoms with Gasteiger partial charge in [-0.2, -0.15) is 5.10 Å². The van der Waals surface area contributed by atoms with Crippen molar-refractivity contribution >= 4 is 5.91 Å². The van der Waals surface area contributed by atoms with Gasteiger partial charge in [0.1, 0.15) is 5.76 Å². The lowest BCUT2D eigenvalue weighted by Gasteiger charge is -2.09. The fourth-order valence-electron chi connectivity index (χ4n) is 2.68. The lowest BCUT2D eigenvalue weighted by atomic mass is 10.0. The Bertz CT molecular complexity index is 612. The second-order valence-electron chi connectivity index (χ2n) is 5.16. The van der Waals surface area contributed by atoms with Crippen molar-refractivity contribution in [1.82, 2.24) is 25.8 Å². The standard InChI is InChI=1S/C14H19N5O2/c1-2-11-13(17-8-21-11)14(20)16-6-10-7-18-19-12(10)9-3-4-15-5-9/h7-9,15H,2-6H2,1H3,(H,16,20)(H,18,19). The molecule has 7 nitrogen and oxygen atoms in total. The van der Waals surface area contributed by atoms with Gasteiger partial charge < -0.3 is 15.1 Å². The molecule has 1 saturated heterocycles. The van der Waals surface area contributed by atoms with Gasteiger partial charge in [0, 0.05) is 36.7 Å². The van der Waals surface area contributed by atoms with Gasteiger partial charge in [-0.25, -0.2) is 4.98 Å². The predicted molar refractivity (Wildman–Crippen MR) is 75.9 cm³/mol. The predicted octanol–water partition coefficient (Wildman–Crippen LogP) is 0.967. The Kier molecular flexibility index (Phi) is 4.01. The molecule has 3 rings (SSSR count). The van der Waals surface area contributed by atoms with Gasteiger partial charge in [-0.15, -0.1) is 0 Å². The topological polar surface area (TPSA) is 95.8 Å². The van der Waals surface area contributed by atoms with Gasteiger partial charge in [0.25, 0.3) is 5.91 Å². The summed E-state index contributed by atoms with van der Waals surface area (Å²) in [6, 6.07) is 0. The highest BCUT2D eigenvalue weighted by Gasteiger charge is 2.22. The Hall–Kier alpha value is -2.15. The molecular formula is C14H19N5O2. The molecule has 0 bridgehead atoms. The monoisotopic (exact) mass is 289 g/mol. The summed E-state index contributed by atoms with van der Waals surface area (Å²) >= 11 is 0. The highest BCUT2D eigenvalue weighted by atomic mass is 16.3. The van der Waals surface area contributed by atoms with Crippen LogP contribution >= 0.6 is 0 Å². The molecule has 1 atom stereocenters. The molecule has 2 aromatic heterocycles. The van der Waals surface area contributed by atoms with Gasteiger partial charge in [-0.3, -0.25) is 9.89 Å². The largest absolute Gasteiger partial charge is 0.448 e. The maximum Gasteiger partial charge on any atom is 0.273 e. The minimum absolute atomic E-state index is 0.211. The van der Waals surface area contributed by atoms with Crippen LogP contribution in [0.2, 0.25) is 0 Å². The summed E-state index contributed by atoms with van der Waals surface area (Å²) in [6.07, 6.45) is 4.82. The SMILES string of the molecule is CCc1ocnc1C(=O)NCc1cn[nH]c1C1CCNC1. The lowest BCUT2D eigenvalue weighted by Crippen LogP contribution is -2.24. The molecule has 1 unspecified atom stereocenters. The van der Waals surface area contributed by atoms with E-state index < -0.39 is 0 Å². The first-order valence-electron chi connectivity index (χ1n) is 7.23. The average molecular weight is 289 g/mol. The third-order valence-electron chi connectivity index (χ3n) is 3.84. The van der Waals surface area contributed by atoms with Crippen LogP contribution < -0.4 is 10.6 Å². The molecule has 2 aromatic rings. The number of carbonyl (C=O) groups is 1. The molecule has 0 aliphatic carbocycles. The van der Waals surface area contributed by atoms with Crippen molar-refractivity contribution in [2.75, 3.05) is 13.1 Å². The van der Waals surface area contributed by atoms with Gasteiger partial charge in [0.05, 0.1) is 6.20 Å². The Morgan fingerprint density at radius 2 is 2.48 bits per heavy atom. The zero-order valence-corrected chi connectivity index (χ0v) is 12.0. The molecule has 7 heteroatoms. The van der Waals surface area contributed by atoms with Crippen LogP contribution in [0.5, 0.6) is 0 Å². The van der Waals surface area contributed by atoms with E-state index in [1.807, 2.05) is 6.92 Å². The van der Waals surface area contributed by atoms with Crippen LogP contribution in [0, 0.1) is 0 Å². The number of oxazole rings is 1. The van der Waals surface area contributed by atoms with Crippen LogP contribution in [0.1, 0.15) is 46.8 Å². The van der Waals surface area contributed by atoms with E-state index in [0.29, 0.717) is 30.3 Å². The molecule has 0 radical (unpaired) electrons. The first-order valence-corrected chi connectivity index (χ1v) is 7.23. The number of aryl methyl sites for hydroxylation is 1. The third-order valence-corrected chi connectivity index (χ3v) is 3.84. The zero-order chi connectivity index (χ0) is 14.7. The minimum Gasteiger partial charge on any atom is -0.448 e. The smallest absolute Gasteiger partial charge is 0.273 e. The fraction of sp³-hybridized carbons (Fsp3) is 0.500.